The summed E-state index contributed by atoms with van der Waals surface area (Å²) in [6.45, 7) is 4.80. The van der Waals surface area contributed by atoms with Gasteiger partial charge in [-0.15, -0.1) is 13.2 Å². The van der Waals surface area contributed by atoms with Crippen LogP contribution >= 0.6 is 0 Å². The number of anilines is 1. The molecule has 3 N–H and O–H groups in total. The second-order valence-corrected chi connectivity index (χ2v) is 8.85. The van der Waals surface area contributed by atoms with Crippen LogP contribution in [0.4, 0.5) is 19.1 Å². The molecular formula is C25H25F3N6O2. The van der Waals surface area contributed by atoms with Gasteiger partial charge in [-0.3, -0.25) is 4.57 Å². The summed E-state index contributed by atoms with van der Waals surface area (Å²) < 4.78 is 43.6. The van der Waals surface area contributed by atoms with Crippen molar-refractivity contribution in [1.82, 2.24) is 24.8 Å². The van der Waals surface area contributed by atoms with Crippen LogP contribution in [0.2, 0.25) is 0 Å². The molecule has 188 valence electrons. The molecule has 0 aliphatic carbocycles. The van der Waals surface area contributed by atoms with E-state index in [0.29, 0.717) is 28.6 Å². The molecule has 1 fully saturated rings. The second-order valence-electron chi connectivity index (χ2n) is 8.85. The summed E-state index contributed by atoms with van der Waals surface area (Å²) >= 11 is 0. The summed E-state index contributed by atoms with van der Waals surface area (Å²) in [5, 5.41) is 6.58. The van der Waals surface area contributed by atoms with Crippen molar-refractivity contribution in [2.24, 2.45) is 5.92 Å². The van der Waals surface area contributed by atoms with E-state index in [2.05, 4.69) is 30.3 Å². The summed E-state index contributed by atoms with van der Waals surface area (Å²) in [6, 6.07) is 11.4. The Hall–Kier alpha value is -3.86. The van der Waals surface area contributed by atoms with E-state index in [9.17, 15) is 18.0 Å². The van der Waals surface area contributed by atoms with Crippen LogP contribution in [0.3, 0.4) is 0 Å². The van der Waals surface area contributed by atoms with Gasteiger partial charge in [0.2, 0.25) is 5.95 Å². The molecule has 11 heteroatoms. The Morgan fingerprint density at radius 3 is 2.83 bits per heavy atom. The van der Waals surface area contributed by atoms with Gasteiger partial charge >= 0.3 is 12.1 Å². The number of nitrogens with one attached hydrogen (secondary N) is 3. The zero-order valence-corrected chi connectivity index (χ0v) is 19.5. The van der Waals surface area contributed by atoms with E-state index in [1.807, 2.05) is 25.1 Å². The standard InChI is InChI=1S/C25H25F3N6O2/c1-15-18(5-3-7-20(15)17-4-2-6-19(10-17)36-25(26,27)28)14-34-22-21(32-24(34)35)13-31-23(33-22)30-12-16-8-9-29-11-16/h2-7,10,13,16,29H,8-9,11-12,14H2,1H3,(H,32,35)(H,30,31,33)/t16-/m1/s1. The average Bonchev–Trinajstić information content (AvgIpc) is 3.46. The van der Waals surface area contributed by atoms with E-state index < -0.39 is 6.36 Å². The molecule has 0 saturated carbocycles. The van der Waals surface area contributed by atoms with Gasteiger partial charge in [-0.1, -0.05) is 30.3 Å². The smallest absolute Gasteiger partial charge is 0.406 e. The van der Waals surface area contributed by atoms with Gasteiger partial charge in [0.05, 0.1) is 12.7 Å². The van der Waals surface area contributed by atoms with E-state index in [4.69, 9.17) is 0 Å². The fourth-order valence-electron chi connectivity index (χ4n) is 4.50. The number of aromatic amines is 1. The lowest BCUT2D eigenvalue weighted by Gasteiger charge is -2.14. The molecule has 1 saturated heterocycles. The number of ether oxygens (including phenoxy) is 1. The zero-order valence-electron chi connectivity index (χ0n) is 19.5. The fraction of sp³-hybridized carbons (Fsp3) is 0.320. The lowest BCUT2D eigenvalue weighted by atomic mass is 9.96. The van der Waals surface area contributed by atoms with E-state index in [1.165, 1.54) is 22.8 Å². The number of halogens is 3. The van der Waals surface area contributed by atoms with Crippen LogP contribution < -0.4 is 21.1 Å². The van der Waals surface area contributed by atoms with E-state index >= 15 is 0 Å². The third-order valence-electron chi connectivity index (χ3n) is 6.38. The molecule has 1 aliphatic heterocycles. The number of alkyl halides is 3. The van der Waals surface area contributed by atoms with Gasteiger partial charge in [-0.2, -0.15) is 4.98 Å². The number of hydrogen-bond acceptors (Lipinski definition) is 6. The van der Waals surface area contributed by atoms with Crippen LogP contribution in [0.5, 0.6) is 5.75 Å². The second kappa shape index (κ2) is 9.65. The van der Waals surface area contributed by atoms with Crippen LogP contribution in [-0.4, -0.2) is 45.5 Å². The molecule has 0 radical (unpaired) electrons. The minimum atomic E-state index is -4.77. The minimum absolute atomic E-state index is 0.236. The van der Waals surface area contributed by atoms with Crippen molar-refractivity contribution in [1.29, 1.82) is 0 Å². The SMILES string of the molecule is Cc1c(Cn2c(=O)[nH]c3cnc(NC[C@@H]4CCNC4)nc32)cccc1-c1cccc(OC(F)(F)F)c1. The monoisotopic (exact) mass is 498 g/mol. The highest BCUT2D eigenvalue weighted by atomic mass is 19.4. The molecule has 0 spiro atoms. The molecular weight excluding hydrogens is 473 g/mol. The Labute approximate surface area is 204 Å². The molecule has 5 rings (SSSR count). The van der Waals surface area contributed by atoms with Gasteiger partial charge in [0, 0.05) is 6.54 Å². The molecule has 0 unspecified atom stereocenters. The van der Waals surface area contributed by atoms with Crippen LogP contribution in [0, 0.1) is 12.8 Å². The van der Waals surface area contributed by atoms with Crippen LogP contribution in [0.25, 0.3) is 22.3 Å². The van der Waals surface area contributed by atoms with Gasteiger partial charge in [0.25, 0.3) is 0 Å². The van der Waals surface area contributed by atoms with Gasteiger partial charge < -0.3 is 20.4 Å². The van der Waals surface area contributed by atoms with E-state index in [1.54, 1.807) is 12.3 Å². The highest BCUT2D eigenvalue weighted by Gasteiger charge is 2.31. The summed E-state index contributed by atoms with van der Waals surface area (Å²) in [5.41, 5.74) is 3.69. The number of H-pyrrole nitrogens is 1. The van der Waals surface area contributed by atoms with Crippen LogP contribution in [0.1, 0.15) is 17.5 Å². The third-order valence-corrected chi connectivity index (χ3v) is 6.38. The lowest BCUT2D eigenvalue weighted by Crippen LogP contribution is -2.19. The topological polar surface area (TPSA) is 96.9 Å². The summed E-state index contributed by atoms with van der Waals surface area (Å²) in [6.07, 6.45) is -2.09. The molecule has 2 aromatic carbocycles. The molecule has 1 aliphatic rings. The number of imidazole rings is 1. The molecule has 0 amide bonds. The Balaban J connectivity index is 1.43. The molecule has 36 heavy (non-hydrogen) atoms. The number of fused-ring (bicyclic) bond motifs is 1. The number of rotatable bonds is 7. The number of aromatic nitrogens is 4. The zero-order chi connectivity index (χ0) is 25.3. The first-order chi connectivity index (χ1) is 17.3. The van der Waals surface area contributed by atoms with Crippen molar-refractivity contribution in [2.45, 2.75) is 26.3 Å². The summed E-state index contributed by atoms with van der Waals surface area (Å²) in [7, 11) is 0. The predicted octanol–water partition coefficient (Wildman–Crippen LogP) is 4.06. The highest BCUT2D eigenvalue weighted by molar-refractivity contribution is 5.72. The van der Waals surface area contributed by atoms with Crippen molar-refractivity contribution in [3.63, 3.8) is 0 Å². The van der Waals surface area contributed by atoms with Crippen LogP contribution in [0.15, 0.2) is 53.5 Å². The normalized spacial score (nSPS) is 15.9. The van der Waals surface area contributed by atoms with Gasteiger partial charge in [-0.25, -0.2) is 9.78 Å². The number of nitrogens with zero attached hydrogens (tertiary/aromatic N) is 3. The molecule has 3 heterocycles. The van der Waals surface area contributed by atoms with Crippen molar-refractivity contribution in [2.75, 3.05) is 25.0 Å². The fourth-order valence-corrected chi connectivity index (χ4v) is 4.50. The van der Waals surface area contributed by atoms with Crippen molar-refractivity contribution in [3.8, 4) is 16.9 Å². The van der Waals surface area contributed by atoms with Gasteiger partial charge in [0.1, 0.15) is 11.3 Å². The Bertz CT molecular complexity index is 1440. The first-order valence-electron chi connectivity index (χ1n) is 11.6. The van der Waals surface area contributed by atoms with Gasteiger partial charge in [-0.05, 0) is 66.7 Å². The average molecular weight is 499 g/mol. The Morgan fingerprint density at radius 2 is 2.06 bits per heavy atom. The first kappa shape index (κ1) is 23.9. The van der Waals surface area contributed by atoms with E-state index in [0.717, 1.165) is 42.7 Å². The molecule has 2 aromatic heterocycles. The molecule has 0 bridgehead atoms. The minimum Gasteiger partial charge on any atom is -0.406 e. The van der Waals surface area contributed by atoms with Gasteiger partial charge in [0.15, 0.2) is 5.65 Å². The summed E-state index contributed by atoms with van der Waals surface area (Å²) in [5.74, 6) is 0.667. The van der Waals surface area contributed by atoms with Crippen LogP contribution in [-0.2, 0) is 6.54 Å². The lowest BCUT2D eigenvalue weighted by molar-refractivity contribution is -0.274. The summed E-state index contributed by atoms with van der Waals surface area (Å²) in [4.78, 5) is 24.4. The highest BCUT2D eigenvalue weighted by Crippen LogP contribution is 2.31. The maximum absolute atomic E-state index is 12.8. The predicted molar refractivity (Wildman–Crippen MR) is 130 cm³/mol. The quantitative estimate of drug-likeness (QED) is 0.356. The Morgan fingerprint density at radius 1 is 1.22 bits per heavy atom. The maximum atomic E-state index is 12.8. The molecule has 4 aromatic rings. The number of hydrogen-bond donors (Lipinski definition) is 3. The van der Waals surface area contributed by atoms with E-state index in [-0.39, 0.29) is 18.0 Å². The molecule has 8 nitrogen and oxygen atoms in total. The third kappa shape index (κ3) is 5.20. The maximum Gasteiger partial charge on any atom is 0.573 e. The van der Waals surface area contributed by atoms with Crippen molar-refractivity contribution < 1.29 is 17.9 Å². The Kier molecular flexibility index (Phi) is 6.40. The largest absolute Gasteiger partial charge is 0.573 e. The van der Waals surface area contributed by atoms with Crippen molar-refractivity contribution in [3.05, 3.63) is 70.3 Å². The van der Waals surface area contributed by atoms with Crippen molar-refractivity contribution >= 4 is 17.1 Å². The number of benzene rings is 2. The first-order valence-corrected chi connectivity index (χ1v) is 11.6. The molecule has 1 atom stereocenters.